The summed E-state index contributed by atoms with van der Waals surface area (Å²) in [5.74, 6) is 0.442. The Morgan fingerprint density at radius 2 is 2.05 bits per heavy atom. The molecule has 0 heterocycles. The molecule has 2 rings (SSSR count). The predicted octanol–water partition coefficient (Wildman–Crippen LogP) is 1.60. The fourth-order valence-corrected chi connectivity index (χ4v) is 2.55. The maximum atomic E-state index is 12.1. The van der Waals surface area contributed by atoms with E-state index in [1.54, 1.807) is 24.3 Å². The highest BCUT2D eigenvalue weighted by molar-refractivity contribution is 7.92. The van der Waals surface area contributed by atoms with Crippen LogP contribution in [0.1, 0.15) is 29.6 Å². The Kier molecular flexibility index (Phi) is 5.79. The first-order valence-electron chi connectivity index (χ1n) is 7.38. The monoisotopic (exact) mass is 326 g/mol. The first-order chi connectivity index (χ1) is 10.5. The summed E-state index contributed by atoms with van der Waals surface area (Å²) in [7, 11) is -3.42. The average Bonchev–Trinajstić information content (AvgIpc) is 3.25. The van der Waals surface area contributed by atoms with Gasteiger partial charge >= 0.3 is 0 Å². The summed E-state index contributed by atoms with van der Waals surface area (Å²) >= 11 is 0. The largest absolute Gasteiger partial charge is 0.381 e. The van der Waals surface area contributed by atoms with E-state index in [0.29, 0.717) is 18.7 Å². The Hall–Kier alpha value is -1.60. The number of para-hydroxylation sites is 1. The summed E-state index contributed by atoms with van der Waals surface area (Å²) in [6.07, 6.45) is 4.32. The quantitative estimate of drug-likeness (QED) is 0.675. The van der Waals surface area contributed by atoms with Crippen molar-refractivity contribution < 1.29 is 17.9 Å². The normalized spacial score (nSPS) is 14.6. The molecule has 0 aliphatic heterocycles. The van der Waals surface area contributed by atoms with E-state index >= 15 is 0 Å². The van der Waals surface area contributed by atoms with E-state index in [-0.39, 0.29) is 11.6 Å². The lowest BCUT2D eigenvalue weighted by Gasteiger charge is -2.11. The summed E-state index contributed by atoms with van der Waals surface area (Å²) < 4.78 is 30.5. The zero-order valence-electron chi connectivity index (χ0n) is 12.7. The van der Waals surface area contributed by atoms with Crippen LogP contribution in [-0.4, -0.2) is 40.3 Å². The molecule has 0 spiro atoms. The molecular formula is C15H22N2O4S. The highest BCUT2D eigenvalue weighted by atomic mass is 32.2. The summed E-state index contributed by atoms with van der Waals surface area (Å²) in [6, 6.07) is 6.53. The molecule has 2 N–H and O–H groups in total. The van der Waals surface area contributed by atoms with Crippen molar-refractivity contribution in [3.05, 3.63) is 29.8 Å². The molecule has 0 unspecified atom stereocenters. The molecule has 1 saturated carbocycles. The van der Waals surface area contributed by atoms with Crippen LogP contribution >= 0.6 is 0 Å². The average molecular weight is 326 g/mol. The highest BCUT2D eigenvalue weighted by Crippen LogP contribution is 2.28. The Bertz CT molecular complexity index is 612. The number of benzene rings is 1. The van der Waals surface area contributed by atoms with Gasteiger partial charge in [0.25, 0.3) is 5.91 Å². The number of amides is 1. The van der Waals surface area contributed by atoms with E-state index in [4.69, 9.17) is 4.74 Å². The summed E-state index contributed by atoms with van der Waals surface area (Å²) in [6.45, 7) is 1.94. The Morgan fingerprint density at radius 3 is 2.73 bits per heavy atom. The lowest BCUT2D eigenvalue weighted by atomic mass is 10.1. The van der Waals surface area contributed by atoms with Gasteiger partial charge < -0.3 is 10.1 Å². The topological polar surface area (TPSA) is 84.5 Å². The second-order valence-electron chi connectivity index (χ2n) is 5.55. The van der Waals surface area contributed by atoms with Crippen molar-refractivity contribution in [2.75, 3.05) is 30.7 Å². The van der Waals surface area contributed by atoms with Gasteiger partial charge in [-0.25, -0.2) is 8.42 Å². The van der Waals surface area contributed by atoms with Gasteiger partial charge in [0.15, 0.2) is 0 Å². The third kappa shape index (κ3) is 6.03. The predicted molar refractivity (Wildman–Crippen MR) is 85.4 cm³/mol. The standard InChI is InChI=1S/C15H22N2O4S/c1-22(19,20)17-14-6-3-2-5-13(14)15(18)16-9-4-10-21-11-12-7-8-12/h2-3,5-6,12,17H,4,7-11H2,1H3,(H,16,18). The minimum atomic E-state index is -3.42. The second-order valence-corrected chi connectivity index (χ2v) is 7.30. The summed E-state index contributed by atoms with van der Waals surface area (Å²) in [5.41, 5.74) is 0.597. The lowest BCUT2D eigenvalue weighted by Crippen LogP contribution is -2.26. The van der Waals surface area contributed by atoms with Gasteiger partial charge in [0.05, 0.1) is 17.5 Å². The van der Waals surface area contributed by atoms with Crippen LogP contribution in [0, 0.1) is 5.92 Å². The number of hydrogen-bond donors (Lipinski definition) is 2. The van der Waals surface area contributed by atoms with Crippen LogP contribution in [0.5, 0.6) is 0 Å². The van der Waals surface area contributed by atoms with Crippen LogP contribution in [0.15, 0.2) is 24.3 Å². The molecule has 1 amide bonds. The second kappa shape index (κ2) is 7.60. The Balaban J connectivity index is 1.78. The molecule has 1 aliphatic rings. The summed E-state index contributed by atoms with van der Waals surface area (Å²) in [5, 5.41) is 2.78. The molecule has 0 bridgehead atoms. The van der Waals surface area contributed by atoms with E-state index in [2.05, 4.69) is 10.0 Å². The number of carbonyl (C=O) groups is 1. The summed E-state index contributed by atoms with van der Waals surface area (Å²) in [4.78, 5) is 12.1. The van der Waals surface area contributed by atoms with E-state index in [9.17, 15) is 13.2 Å². The van der Waals surface area contributed by atoms with Crippen molar-refractivity contribution in [1.29, 1.82) is 0 Å². The molecule has 0 aromatic heterocycles. The molecule has 6 nitrogen and oxygen atoms in total. The first kappa shape index (κ1) is 16.8. The molecular weight excluding hydrogens is 304 g/mol. The highest BCUT2D eigenvalue weighted by Gasteiger charge is 2.20. The fraction of sp³-hybridized carbons (Fsp3) is 0.533. The molecule has 122 valence electrons. The number of ether oxygens (including phenoxy) is 1. The van der Waals surface area contributed by atoms with Crippen molar-refractivity contribution >= 4 is 21.6 Å². The van der Waals surface area contributed by atoms with Gasteiger partial charge in [0.1, 0.15) is 0 Å². The van der Waals surface area contributed by atoms with Gasteiger partial charge in [-0.1, -0.05) is 12.1 Å². The molecule has 1 fully saturated rings. The SMILES string of the molecule is CS(=O)(=O)Nc1ccccc1C(=O)NCCCOCC1CC1. The third-order valence-corrected chi connectivity index (χ3v) is 3.86. The van der Waals surface area contributed by atoms with Crippen LogP contribution in [-0.2, 0) is 14.8 Å². The van der Waals surface area contributed by atoms with E-state index in [1.165, 1.54) is 12.8 Å². The smallest absolute Gasteiger partial charge is 0.253 e. The van der Waals surface area contributed by atoms with Gasteiger partial charge in [-0.3, -0.25) is 9.52 Å². The molecule has 0 saturated heterocycles. The number of rotatable bonds is 9. The van der Waals surface area contributed by atoms with E-state index < -0.39 is 10.0 Å². The van der Waals surface area contributed by atoms with Gasteiger partial charge in [-0.15, -0.1) is 0 Å². The fourth-order valence-electron chi connectivity index (χ4n) is 1.98. The molecule has 0 radical (unpaired) electrons. The van der Waals surface area contributed by atoms with Crippen LogP contribution in [0.4, 0.5) is 5.69 Å². The van der Waals surface area contributed by atoms with E-state index in [1.807, 2.05) is 0 Å². The van der Waals surface area contributed by atoms with Crippen LogP contribution < -0.4 is 10.0 Å². The molecule has 7 heteroatoms. The van der Waals surface area contributed by atoms with Gasteiger partial charge in [-0.05, 0) is 37.3 Å². The first-order valence-corrected chi connectivity index (χ1v) is 9.27. The zero-order valence-corrected chi connectivity index (χ0v) is 13.5. The number of carbonyl (C=O) groups excluding carboxylic acids is 1. The van der Waals surface area contributed by atoms with Crippen molar-refractivity contribution in [3.63, 3.8) is 0 Å². The van der Waals surface area contributed by atoms with Crippen molar-refractivity contribution in [1.82, 2.24) is 5.32 Å². The van der Waals surface area contributed by atoms with Crippen molar-refractivity contribution in [2.45, 2.75) is 19.3 Å². The number of nitrogens with one attached hydrogen (secondary N) is 2. The maximum Gasteiger partial charge on any atom is 0.253 e. The minimum Gasteiger partial charge on any atom is -0.381 e. The lowest BCUT2D eigenvalue weighted by molar-refractivity contribution is 0.0938. The van der Waals surface area contributed by atoms with Gasteiger partial charge in [0.2, 0.25) is 10.0 Å². The van der Waals surface area contributed by atoms with Crippen LogP contribution in [0.2, 0.25) is 0 Å². The molecule has 0 atom stereocenters. The van der Waals surface area contributed by atoms with Crippen LogP contribution in [0.25, 0.3) is 0 Å². The number of anilines is 1. The van der Waals surface area contributed by atoms with Gasteiger partial charge in [-0.2, -0.15) is 0 Å². The molecule has 1 aromatic carbocycles. The van der Waals surface area contributed by atoms with Gasteiger partial charge in [0, 0.05) is 19.8 Å². The van der Waals surface area contributed by atoms with Crippen LogP contribution in [0.3, 0.4) is 0 Å². The maximum absolute atomic E-state index is 12.1. The number of hydrogen-bond acceptors (Lipinski definition) is 4. The van der Waals surface area contributed by atoms with E-state index in [0.717, 1.165) is 25.2 Å². The minimum absolute atomic E-state index is 0.285. The number of sulfonamides is 1. The zero-order chi connectivity index (χ0) is 16.0. The Labute approximate surface area is 131 Å². The van der Waals surface area contributed by atoms with Crippen molar-refractivity contribution in [2.24, 2.45) is 5.92 Å². The molecule has 22 heavy (non-hydrogen) atoms. The third-order valence-electron chi connectivity index (χ3n) is 3.27. The Morgan fingerprint density at radius 1 is 1.32 bits per heavy atom. The molecule has 1 aliphatic carbocycles. The van der Waals surface area contributed by atoms with Crippen molar-refractivity contribution in [3.8, 4) is 0 Å². The molecule has 1 aromatic rings.